The van der Waals surface area contributed by atoms with Crippen LogP contribution in [0.15, 0.2) is 0 Å². The van der Waals surface area contributed by atoms with Gasteiger partial charge in [-0.15, -0.1) is 0 Å². The Kier molecular flexibility index (Phi) is 0.573. The van der Waals surface area contributed by atoms with Crippen LogP contribution in [0.3, 0.4) is 0 Å². The van der Waals surface area contributed by atoms with E-state index in [-0.39, 0.29) is 0 Å². The van der Waals surface area contributed by atoms with E-state index < -0.39 is 18.9 Å². The van der Waals surface area contributed by atoms with Crippen molar-refractivity contribution in [3.05, 3.63) is 0 Å². The van der Waals surface area contributed by atoms with Gasteiger partial charge < -0.3 is 0 Å². The molecule has 0 radical (unpaired) electrons. The molecule has 0 heterocycles. The van der Waals surface area contributed by atoms with E-state index in [1.54, 1.807) is 0 Å². The fraction of sp³-hybridized carbons (Fsp3) is 0. The van der Waals surface area contributed by atoms with Crippen molar-refractivity contribution in [3.8, 4) is 0 Å². The average molecular weight is 330 g/mol. The van der Waals surface area contributed by atoms with Crippen LogP contribution >= 0.6 is 0 Å². The van der Waals surface area contributed by atoms with E-state index >= 15 is 0 Å². The second kappa shape index (κ2) is 0.554. The third kappa shape index (κ3) is 3440. The second-order valence-corrected chi connectivity index (χ2v) is 16.4. The Hall–Kier alpha value is 0.310. The summed E-state index contributed by atoms with van der Waals surface area (Å²) in [6.45, 7) is 0. The van der Waals surface area contributed by atoms with E-state index in [4.69, 9.17) is 0 Å². The molecular formula is F8Hf. The van der Waals surface area contributed by atoms with E-state index in [9.17, 15) is 21.3 Å². The van der Waals surface area contributed by atoms with Gasteiger partial charge in [0.2, 0.25) is 0 Å². The predicted molar refractivity (Wildman–Crippen MR) is 8.86 cm³/mol. The molecular weight excluding hydrogens is 330 g/mol. The SMILES string of the molecule is [F][Hf]([F])([F])([F])([F])([F])([F])[F]. The van der Waals surface area contributed by atoms with Crippen LogP contribution in [-0.2, 0) is 18.9 Å². The van der Waals surface area contributed by atoms with E-state index in [0.717, 1.165) is 0 Å². The Balaban J connectivity index is 5.84. The molecule has 0 aliphatic rings. The van der Waals surface area contributed by atoms with Gasteiger partial charge in [-0.2, -0.15) is 0 Å². The first-order chi connectivity index (χ1) is 2.83. The van der Waals surface area contributed by atoms with Gasteiger partial charge in [0, 0.05) is 0 Å². The van der Waals surface area contributed by atoms with Gasteiger partial charge >= 0.3 is 40.2 Å². The van der Waals surface area contributed by atoms with Gasteiger partial charge in [0.1, 0.15) is 0 Å². The molecule has 0 aromatic carbocycles. The fourth-order valence-electron chi connectivity index (χ4n) is 0. The summed E-state index contributed by atoms with van der Waals surface area (Å²) < 4.78 is 79.6. The van der Waals surface area contributed by atoms with Gasteiger partial charge in [-0.3, -0.25) is 0 Å². The van der Waals surface area contributed by atoms with Crippen LogP contribution in [0.1, 0.15) is 0 Å². The summed E-state index contributed by atoms with van der Waals surface area (Å²) in [6, 6.07) is 0. The van der Waals surface area contributed by atoms with Crippen molar-refractivity contribution in [2.45, 2.75) is 0 Å². The van der Waals surface area contributed by atoms with Crippen LogP contribution in [0.25, 0.3) is 0 Å². The summed E-state index contributed by atoms with van der Waals surface area (Å²) in [7, 11) is 0. The van der Waals surface area contributed by atoms with Crippen LogP contribution in [0.4, 0.5) is 21.3 Å². The van der Waals surface area contributed by atoms with Gasteiger partial charge in [-0.05, 0) is 0 Å². The molecule has 0 aliphatic heterocycles. The molecule has 0 atom stereocenters. The van der Waals surface area contributed by atoms with Crippen molar-refractivity contribution in [1.29, 1.82) is 0 Å². The Morgan fingerprint density at radius 1 is 0.444 bits per heavy atom. The van der Waals surface area contributed by atoms with Crippen molar-refractivity contribution < 1.29 is 40.2 Å². The summed E-state index contributed by atoms with van der Waals surface area (Å²) in [5, 5.41) is 0. The van der Waals surface area contributed by atoms with E-state index in [1.165, 1.54) is 0 Å². The van der Waals surface area contributed by atoms with Crippen LogP contribution < -0.4 is 0 Å². The Morgan fingerprint density at radius 3 is 0.444 bits per heavy atom. The molecule has 0 N–H and O–H groups in total. The quantitative estimate of drug-likeness (QED) is 0.472. The molecule has 9 heteroatoms. The average Bonchev–Trinajstić information content (AvgIpc) is 0.503. The zero-order chi connectivity index (χ0) is 8.35. The molecule has 0 fully saturated rings. The van der Waals surface area contributed by atoms with Gasteiger partial charge in [0.15, 0.2) is 0 Å². The summed E-state index contributed by atoms with van der Waals surface area (Å²) in [6.07, 6.45) is 0. The summed E-state index contributed by atoms with van der Waals surface area (Å²) in [5.41, 5.74) is 0. The molecule has 0 amide bonds. The van der Waals surface area contributed by atoms with Crippen LogP contribution in [0, 0.1) is 0 Å². The minimum atomic E-state index is -15.5. The third-order valence-electron chi connectivity index (χ3n) is 0. The zero-order valence-corrected chi connectivity index (χ0v) is 7.12. The van der Waals surface area contributed by atoms with Crippen molar-refractivity contribution in [2.24, 2.45) is 0 Å². The summed E-state index contributed by atoms with van der Waals surface area (Å²) in [4.78, 5) is 0. The standard InChI is InChI=1S/8FH.Hf/h8*1H;/q;;;;;;;;+8/p-8. The van der Waals surface area contributed by atoms with Gasteiger partial charge in [-0.1, -0.05) is 0 Å². The third-order valence-corrected chi connectivity index (χ3v) is 0. The van der Waals surface area contributed by atoms with Crippen molar-refractivity contribution >= 4 is 0 Å². The molecule has 0 bridgehead atoms. The van der Waals surface area contributed by atoms with Gasteiger partial charge in [-0.25, -0.2) is 0 Å². The van der Waals surface area contributed by atoms with E-state index in [0.29, 0.717) is 0 Å². The normalized spacial score (nSPS) is 31.1. The van der Waals surface area contributed by atoms with Crippen molar-refractivity contribution in [3.63, 3.8) is 0 Å². The van der Waals surface area contributed by atoms with Gasteiger partial charge in [0.25, 0.3) is 0 Å². The molecule has 9 heavy (non-hydrogen) atoms. The summed E-state index contributed by atoms with van der Waals surface area (Å²) >= 11 is -15.5. The van der Waals surface area contributed by atoms with E-state index in [1.807, 2.05) is 0 Å². The maximum atomic E-state index is 9.95. The molecule has 0 spiro atoms. The van der Waals surface area contributed by atoms with Gasteiger partial charge in [0.05, 0.1) is 0 Å². The van der Waals surface area contributed by atoms with Crippen LogP contribution in [0.5, 0.6) is 0 Å². The summed E-state index contributed by atoms with van der Waals surface area (Å²) in [5.74, 6) is 0. The number of halogens is 8. The first kappa shape index (κ1) is 9.31. The van der Waals surface area contributed by atoms with Crippen molar-refractivity contribution in [2.75, 3.05) is 0 Å². The van der Waals surface area contributed by atoms with E-state index in [2.05, 4.69) is 0 Å². The molecule has 0 nitrogen and oxygen atoms in total. The first-order valence-corrected chi connectivity index (χ1v) is 12.4. The van der Waals surface area contributed by atoms with Crippen molar-refractivity contribution in [1.82, 2.24) is 0 Å². The number of hydrogen-bond donors (Lipinski definition) is 0. The monoisotopic (exact) mass is 332 g/mol. The molecule has 0 saturated carbocycles. The molecule has 0 rings (SSSR count). The molecule has 0 saturated heterocycles. The Morgan fingerprint density at radius 2 is 0.444 bits per heavy atom. The molecule has 0 aromatic heterocycles. The first-order valence-electron chi connectivity index (χ1n) is 1.51. The second-order valence-electron chi connectivity index (χ2n) is 2.00. The molecule has 0 aromatic rings. The topological polar surface area (TPSA) is 0 Å². The Bertz CT molecular complexity index is 139. The molecule has 60 valence electrons. The zero-order valence-electron chi connectivity index (χ0n) is 3.52. The van der Waals surface area contributed by atoms with Crippen LogP contribution in [0.2, 0.25) is 0 Å². The Labute approximate surface area is 40.9 Å². The fourth-order valence-corrected chi connectivity index (χ4v) is 0. The minimum absolute atomic E-state index is 9.95. The maximum absolute atomic E-state index is 15.5. The molecule has 0 unspecified atom stereocenters. The number of hydrogen-bond acceptors (Lipinski definition) is 0. The molecule has 0 aliphatic carbocycles. The van der Waals surface area contributed by atoms with Crippen LogP contribution in [-0.4, -0.2) is 0 Å². The predicted octanol–water partition coefficient (Wildman–Crippen LogP) is 3.36. The number of rotatable bonds is 0.